The first-order valence-electron chi connectivity index (χ1n) is 17.1. The number of benzene rings is 2. The van der Waals surface area contributed by atoms with Crippen molar-refractivity contribution in [1.29, 1.82) is 0 Å². The van der Waals surface area contributed by atoms with Crippen molar-refractivity contribution >= 4 is 17.5 Å². The number of carbonyl (C=O) groups excluding carboxylic acids is 2. The molecule has 4 atom stereocenters. The van der Waals surface area contributed by atoms with Crippen LogP contribution in [0, 0.1) is 11.8 Å². The van der Waals surface area contributed by atoms with Gasteiger partial charge in [0.2, 0.25) is 5.91 Å². The second-order valence-corrected chi connectivity index (χ2v) is 13.4. The third-order valence-electron chi connectivity index (χ3n) is 9.33. The maximum absolute atomic E-state index is 14.4. The molecule has 0 radical (unpaired) electrons. The first kappa shape index (κ1) is 34.9. The van der Waals surface area contributed by atoms with Crippen LogP contribution in [0.5, 0.6) is 5.75 Å². The molecule has 45 heavy (non-hydrogen) atoms. The van der Waals surface area contributed by atoms with Gasteiger partial charge in [0, 0.05) is 37.8 Å². The van der Waals surface area contributed by atoms with Gasteiger partial charge >= 0.3 is 0 Å². The van der Waals surface area contributed by atoms with Gasteiger partial charge < -0.3 is 29.7 Å². The summed E-state index contributed by atoms with van der Waals surface area (Å²) in [6.45, 7) is 8.86. The zero-order valence-corrected chi connectivity index (χ0v) is 27.9. The molecule has 0 spiro atoms. The van der Waals surface area contributed by atoms with E-state index < -0.39 is 6.04 Å². The molecule has 2 aromatic carbocycles. The first-order valence-corrected chi connectivity index (χ1v) is 17.1. The quantitative estimate of drug-likeness (QED) is 0.348. The van der Waals surface area contributed by atoms with Gasteiger partial charge in [0.05, 0.1) is 36.8 Å². The lowest BCUT2D eigenvalue weighted by atomic mass is 9.89. The summed E-state index contributed by atoms with van der Waals surface area (Å²) in [5, 5.41) is 13.2. The molecule has 0 unspecified atom stereocenters. The number of rotatable bonds is 9. The predicted molar refractivity (Wildman–Crippen MR) is 180 cm³/mol. The minimum atomic E-state index is -0.407. The Morgan fingerprint density at radius 2 is 1.76 bits per heavy atom. The number of likely N-dealkylation sites (N-methyl/N-ethyl adjacent to an activating group) is 1. The van der Waals surface area contributed by atoms with E-state index in [9.17, 15) is 14.7 Å². The van der Waals surface area contributed by atoms with Gasteiger partial charge in [-0.3, -0.25) is 9.59 Å². The number of amides is 2. The second kappa shape index (κ2) is 17.7. The lowest BCUT2D eigenvalue weighted by molar-refractivity contribution is -0.115. The normalized spacial score (nSPS) is 23.1. The minimum absolute atomic E-state index is 0.0387. The van der Waals surface area contributed by atoms with Crippen molar-refractivity contribution in [3.05, 3.63) is 59.7 Å². The standard InChI is InChI=1S/C37H55N3O5/c1-27-23-40(28(2)26-41)37(43)33-22-32(38-36(42)21-30-14-7-5-8-15-30)18-19-34(33)45-29(3)13-11-12-20-44-35(27)25-39(4)24-31-16-9-6-10-17-31/h5,7-8,14-15,18-19,22,27-29,31,35,41H,6,9-13,16-17,20-21,23-26H2,1-4H3,(H,38,42)/t27-,28+,29-,35+/m1/s1. The molecule has 0 aromatic heterocycles. The number of ether oxygens (including phenoxy) is 2. The van der Waals surface area contributed by atoms with Gasteiger partial charge in [0.15, 0.2) is 0 Å². The lowest BCUT2D eigenvalue weighted by Gasteiger charge is -2.36. The van der Waals surface area contributed by atoms with Gasteiger partial charge in [-0.15, -0.1) is 0 Å². The monoisotopic (exact) mass is 621 g/mol. The second-order valence-electron chi connectivity index (χ2n) is 13.4. The molecule has 2 amide bonds. The highest BCUT2D eigenvalue weighted by molar-refractivity contribution is 6.00. The Balaban J connectivity index is 1.56. The summed E-state index contributed by atoms with van der Waals surface area (Å²) in [6.07, 6.45) is 9.45. The summed E-state index contributed by atoms with van der Waals surface area (Å²) >= 11 is 0. The van der Waals surface area contributed by atoms with E-state index >= 15 is 0 Å². The fourth-order valence-electron chi connectivity index (χ4n) is 6.64. The van der Waals surface area contributed by atoms with Gasteiger partial charge in [-0.1, -0.05) is 56.5 Å². The zero-order chi connectivity index (χ0) is 32.2. The maximum Gasteiger partial charge on any atom is 0.258 e. The maximum atomic E-state index is 14.4. The van der Waals surface area contributed by atoms with Crippen LogP contribution in [0.25, 0.3) is 0 Å². The highest BCUT2D eigenvalue weighted by Gasteiger charge is 2.31. The summed E-state index contributed by atoms with van der Waals surface area (Å²) in [6, 6.07) is 14.5. The SMILES string of the molecule is C[C@@H]1CCCCO[C@@H](CN(C)CC2CCCCC2)[C@H](C)CN([C@@H](C)CO)C(=O)c2cc(NC(=O)Cc3ccccc3)ccc2O1. The molecule has 1 heterocycles. The molecule has 8 heteroatoms. The Bertz CT molecular complexity index is 1200. The van der Waals surface area contributed by atoms with Crippen molar-refractivity contribution in [2.75, 3.05) is 45.2 Å². The smallest absolute Gasteiger partial charge is 0.258 e. The average Bonchev–Trinajstić information content (AvgIpc) is 3.03. The van der Waals surface area contributed by atoms with E-state index in [2.05, 4.69) is 24.2 Å². The first-order chi connectivity index (χ1) is 21.7. The number of aliphatic hydroxyl groups excluding tert-OH is 1. The van der Waals surface area contributed by atoms with Gasteiger partial charge in [-0.25, -0.2) is 0 Å². The molecule has 1 saturated carbocycles. The van der Waals surface area contributed by atoms with Crippen molar-refractivity contribution < 1.29 is 24.2 Å². The Kier molecular flexibility index (Phi) is 13.7. The summed E-state index contributed by atoms with van der Waals surface area (Å²) in [5.41, 5.74) is 1.84. The predicted octanol–water partition coefficient (Wildman–Crippen LogP) is 6.18. The molecule has 1 fully saturated rings. The van der Waals surface area contributed by atoms with E-state index in [-0.39, 0.29) is 43.0 Å². The lowest BCUT2D eigenvalue weighted by Crippen LogP contribution is -2.47. The molecule has 2 aliphatic rings. The van der Waals surface area contributed by atoms with Crippen molar-refractivity contribution in [2.24, 2.45) is 11.8 Å². The zero-order valence-electron chi connectivity index (χ0n) is 27.9. The van der Waals surface area contributed by atoms with Crippen LogP contribution in [-0.2, 0) is 16.0 Å². The molecule has 1 aliphatic carbocycles. The number of fused-ring (bicyclic) bond motifs is 1. The van der Waals surface area contributed by atoms with E-state index in [1.165, 1.54) is 32.1 Å². The Hall–Kier alpha value is -2.94. The molecule has 4 rings (SSSR count). The molecule has 248 valence electrons. The van der Waals surface area contributed by atoms with Crippen LogP contribution < -0.4 is 10.1 Å². The van der Waals surface area contributed by atoms with Gasteiger partial charge in [-0.05, 0) is 82.7 Å². The number of carbonyl (C=O) groups is 2. The molecule has 0 saturated heterocycles. The molecule has 2 aromatic rings. The minimum Gasteiger partial charge on any atom is -0.490 e. The Labute approximate surface area is 270 Å². The number of hydrogen-bond acceptors (Lipinski definition) is 6. The topological polar surface area (TPSA) is 91.3 Å². The summed E-state index contributed by atoms with van der Waals surface area (Å²) in [5.74, 6) is 0.891. The number of aliphatic hydroxyl groups is 1. The molecular formula is C37H55N3O5. The molecule has 1 aliphatic heterocycles. The fraction of sp³-hybridized carbons (Fsp3) is 0.622. The number of nitrogens with one attached hydrogen (secondary N) is 1. The fourth-order valence-corrected chi connectivity index (χ4v) is 6.64. The summed E-state index contributed by atoms with van der Waals surface area (Å²) < 4.78 is 12.9. The number of nitrogens with zero attached hydrogens (tertiary/aromatic N) is 2. The van der Waals surface area contributed by atoms with Gasteiger partial charge in [-0.2, -0.15) is 0 Å². The van der Waals surface area contributed by atoms with Gasteiger partial charge in [0.1, 0.15) is 5.75 Å². The Morgan fingerprint density at radius 1 is 1.02 bits per heavy atom. The molecule has 2 N–H and O–H groups in total. The highest BCUT2D eigenvalue weighted by atomic mass is 16.5. The van der Waals surface area contributed by atoms with E-state index in [0.717, 1.165) is 43.8 Å². The molecular weight excluding hydrogens is 566 g/mol. The average molecular weight is 622 g/mol. The number of hydrogen-bond donors (Lipinski definition) is 2. The van der Waals surface area contributed by atoms with Gasteiger partial charge in [0.25, 0.3) is 5.91 Å². The van der Waals surface area contributed by atoms with Crippen molar-refractivity contribution in [2.45, 2.75) is 96.8 Å². The van der Waals surface area contributed by atoms with Crippen molar-refractivity contribution in [3.63, 3.8) is 0 Å². The van der Waals surface area contributed by atoms with Crippen LogP contribution in [0.3, 0.4) is 0 Å². The van der Waals surface area contributed by atoms with E-state index in [1.807, 2.05) is 44.2 Å². The van der Waals surface area contributed by atoms with Crippen LogP contribution in [0.2, 0.25) is 0 Å². The molecule has 0 bridgehead atoms. The third-order valence-corrected chi connectivity index (χ3v) is 9.33. The van der Waals surface area contributed by atoms with Crippen LogP contribution in [0.1, 0.15) is 88.1 Å². The summed E-state index contributed by atoms with van der Waals surface area (Å²) in [7, 11) is 2.19. The van der Waals surface area contributed by atoms with Crippen LogP contribution >= 0.6 is 0 Å². The van der Waals surface area contributed by atoms with E-state index in [1.54, 1.807) is 23.1 Å². The highest BCUT2D eigenvalue weighted by Crippen LogP contribution is 2.29. The van der Waals surface area contributed by atoms with Crippen LogP contribution in [0.4, 0.5) is 5.69 Å². The van der Waals surface area contributed by atoms with E-state index in [0.29, 0.717) is 30.2 Å². The van der Waals surface area contributed by atoms with E-state index in [4.69, 9.17) is 9.47 Å². The van der Waals surface area contributed by atoms with Crippen LogP contribution in [0.15, 0.2) is 48.5 Å². The van der Waals surface area contributed by atoms with Crippen LogP contribution in [-0.4, -0.2) is 84.9 Å². The number of anilines is 1. The van der Waals surface area contributed by atoms with Crippen molar-refractivity contribution in [1.82, 2.24) is 9.80 Å². The molecule has 8 nitrogen and oxygen atoms in total. The Morgan fingerprint density at radius 3 is 2.49 bits per heavy atom. The summed E-state index contributed by atoms with van der Waals surface area (Å²) in [4.78, 5) is 31.4. The van der Waals surface area contributed by atoms with Crippen molar-refractivity contribution in [3.8, 4) is 5.75 Å². The largest absolute Gasteiger partial charge is 0.490 e. The third kappa shape index (κ3) is 10.8.